The lowest BCUT2D eigenvalue weighted by atomic mass is 10.1. The molecule has 0 aliphatic heterocycles. The van der Waals surface area contributed by atoms with E-state index in [1.807, 2.05) is 45.0 Å². The van der Waals surface area contributed by atoms with Crippen LogP contribution >= 0.6 is 27.5 Å². The molecule has 1 atom stereocenters. The second kappa shape index (κ2) is 13.0. The molecule has 0 saturated heterocycles. The standard InChI is InChI=1S/C29H33BrClN3O4S/c1-19(2)32-29(36)22(5)33(17-23-8-10-24(30)11-9-23)28(35)18-34(27-15-12-25(31)16-21(27)4)39(37,38)26-13-6-20(3)7-14-26/h6-16,19,22H,17-18H2,1-5H3,(H,32,36)/t22-/m0/s1. The van der Waals surface area contributed by atoms with Gasteiger partial charge in [0.15, 0.2) is 0 Å². The van der Waals surface area contributed by atoms with E-state index in [1.165, 1.54) is 17.0 Å². The second-order valence-corrected chi connectivity index (χ2v) is 13.0. The Morgan fingerprint density at radius 1 is 0.949 bits per heavy atom. The summed E-state index contributed by atoms with van der Waals surface area (Å²) in [6, 6.07) is 17.7. The minimum absolute atomic E-state index is 0.0558. The molecule has 0 bridgehead atoms. The number of sulfonamides is 1. The van der Waals surface area contributed by atoms with Crippen molar-refractivity contribution in [2.24, 2.45) is 0 Å². The topological polar surface area (TPSA) is 86.8 Å². The minimum atomic E-state index is -4.14. The fourth-order valence-electron chi connectivity index (χ4n) is 4.02. The number of rotatable bonds is 10. The Kier molecular flexibility index (Phi) is 10.2. The van der Waals surface area contributed by atoms with Crippen molar-refractivity contribution >= 4 is 55.1 Å². The molecule has 3 rings (SSSR count). The number of halogens is 2. The fraction of sp³-hybridized carbons (Fsp3) is 0.310. The van der Waals surface area contributed by atoms with Crippen LogP contribution < -0.4 is 9.62 Å². The van der Waals surface area contributed by atoms with E-state index in [4.69, 9.17) is 11.6 Å². The van der Waals surface area contributed by atoms with Gasteiger partial charge in [-0.2, -0.15) is 0 Å². The van der Waals surface area contributed by atoms with Crippen LogP contribution in [0.25, 0.3) is 0 Å². The van der Waals surface area contributed by atoms with Crippen molar-refractivity contribution in [3.05, 3.63) is 92.9 Å². The van der Waals surface area contributed by atoms with E-state index in [0.717, 1.165) is 19.9 Å². The van der Waals surface area contributed by atoms with Gasteiger partial charge in [0.2, 0.25) is 11.8 Å². The maximum absolute atomic E-state index is 13.9. The second-order valence-electron chi connectivity index (χ2n) is 9.74. The normalized spacial score (nSPS) is 12.2. The average Bonchev–Trinajstić information content (AvgIpc) is 2.86. The maximum Gasteiger partial charge on any atom is 0.264 e. The molecule has 0 fully saturated rings. The van der Waals surface area contributed by atoms with E-state index in [0.29, 0.717) is 16.3 Å². The number of carbonyl (C=O) groups is 2. The van der Waals surface area contributed by atoms with Crippen LogP contribution in [0.1, 0.15) is 37.5 Å². The van der Waals surface area contributed by atoms with Crippen LogP contribution in [-0.4, -0.2) is 43.8 Å². The molecule has 0 aliphatic rings. The molecule has 0 aromatic heterocycles. The number of carbonyl (C=O) groups excluding carboxylic acids is 2. The molecular weight excluding hydrogens is 602 g/mol. The summed E-state index contributed by atoms with van der Waals surface area (Å²) in [7, 11) is -4.14. The van der Waals surface area contributed by atoms with Crippen LogP contribution in [0.5, 0.6) is 0 Å². The van der Waals surface area contributed by atoms with Gasteiger partial charge in [0.05, 0.1) is 10.6 Å². The van der Waals surface area contributed by atoms with Gasteiger partial charge in [-0.15, -0.1) is 0 Å². The zero-order chi connectivity index (χ0) is 28.9. The largest absolute Gasteiger partial charge is 0.352 e. The average molecular weight is 635 g/mol. The van der Waals surface area contributed by atoms with Crippen LogP contribution in [-0.2, 0) is 26.2 Å². The summed E-state index contributed by atoms with van der Waals surface area (Å²) in [4.78, 5) is 28.4. The molecule has 208 valence electrons. The summed E-state index contributed by atoms with van der Waals surface area (Å²) in [5.74, 6) is -0.847. The Bertz CT molecular complexity index is 1430. The zero-order valence-electron chi connectivity index (χ0n) is 22.6. The Labute approximate surface area is 244 Å². The van der Waals surface area contributed by atoms with Gasteiger partial charge < -0.3 is 10.2 Å². The van der Waals surface area contributed by atoms with Crippen LogP contribution in [0.4, 0.5) is 5.69 Å². The van der Waals surface area contributed by atoms with E-state index in [2.05, 4.69) is 21.2 Å². The van der Waals surface area contributed by atoms with Crippen molar-refractivity contribution in [1.82, 2.24) is 10.2 Å². The van der Waals surface area contributed by atoms with Gasteiger partial charge in [0.25, 0.3) is 10.0 Å². The molecule has 3 aromatic rings. The Hall–Kier alpha value is -2.88. The molecular formula is C29H33BrClN3O4S. The Balaban J connectivity index is 2.06. The molecule has 0 radical (unpaired) electrons. The molecule has 0 unspecified atom stereocenters. The quantitative estimate of drug-likeness (QED) is 0.303. The van der Waals surface area contributed by atoms with Crippen molar-refractivity contribution in [3.63, 3.8) is 0 Å². The van der Waals surface area contributed by atoms with Crippen LogP contribution in [0.15, 0.2) is 76.1 Å². The SMILES string of the molecule is Cc1ccc(S(=O)(=O)N(CC(=O)N(Cc2ccc(Br)cc2)[C@@H](C)C(=O)NC(C)C)c2ccc(Cl)cc2C)cc1. The van der Waals surface area contributed by atoms with Gasteiger partial charge in [-0.25, -0.2) is 8.42 Å². The maximum atomic E-state index is 13.9. The monoisotopic (exact) mass is 633 g/mol. The molecule has 1 N–H and O–H groups in total. The van der Waals surface area contributed by atoms with Gasteiger partial charge >= 0.3 is 0 Å². The van der Waals surface area contributed by atoms with Crippen LogP contribution in [0, 0.1) is 13.8 Å². The van der Waals surface area contributed by atoms with Crippen molar-refractivity contribution in [1.29, 1.82) is 0 Å². The van der Waals surface area contributed by atoms with Gasteiger partial charge in [0.1, 0.15) is 12.6 Å². The van der Waals surface area contributed by atoms with Crippen LogP contribution in [0.2, 0.25) is 5.02 Å². The minimum Gasteiger partial charge on any atom is -0.352 e. The fourth-order valence-corrected chi connectivity index (χ4v) is 5.99. The molecule has 10 heteroatoms. The van der Waals surface area contributed by atoms with E-state index >= 15 is 0 Å². The van der Waals surface area contributed by atoms with Crippen molar-refractivity contribution in [3.8, 4) is 0 Å². The first kappa shape index (κ1) is 30.7. The summed E-state index contributed by atoms with van der Waals surface area (Å²) in [5.41, 5.74) is 2.63. The molecule has 39 heavy (non-hydrogen) atoms. The molecule has 0 heterocycles. The highest BCUT2D eigenvalue weighted by molar-refractivity contribution is 9.10. The Morgan fingerprint density at radius 2 is 1.56 bits per heavy atom. The summed E-state index contributed by atoms with van der Waals surface area (Å²) in [5, 5.41) is 3.30. The highest BCUT2D eigenvalue weighted by Gasteiger charge is 2.33. The lowest BCUT2D eigenvalue weighted by molar-refractivity contribution is -0.139. The lowest BCUT2D eigenvalue weighted by Gasteiger charge is -2.32. The predicted molar refractivity (Wildman–Crippen MR) is 159 cm³/mol. The highest BCUT2D eigenvalue weighted by atomic mass is 79.9. The first-order valence-corrected chi connectivity index (χ1v) is 15.1. The number of aryl methyl sites for hydroxylation is 2. The van der Waals surface area contributed by atoms with Crippen molar-refractivity contribution in [2.75, 3.05) is 10.8 Å². The number of benzene rings is 3. The van der Waals surface area contributed by atoms with Crippen molar-refractivity contribution in [2.45, 2.75) is 58.1 Å². The molecule has 3 aromatic carbocycles. The number of hydrogen-bond acceptors (Lipinski definition) is 4. The van der Waals surface area contributed by atoms with E-state index in [-0.39, 0.29) is 23.4 Å². The van der Waals surface area contributed by atoms with Crippen LogP contribution in [0.3, 0.4) is 0 Å². The number of nitrogens with zero attached hydrogens (tertiary/aromatic N) is 2. The number of nitrogens with one attached hydrogen (secondary N) is 1. The van der Waals surface area contributed by atoms with E-state index in [9.17, 15) is 18.0 Å². The third kappa shape index (κ3) is 7.84. The summed E-state index contributed by atoms with van der Waals surface area (Å²) >= 11 is 9.57. The third-order valence-electron chi connectivity index (χ3n) is 6.18. The third-order valence-corrected chi connectivity index (χ3v) is 8.72. The van der Waals surface area contributed by atoms with E-state index in [1.54, 1.807) is 44.2 Å². The molecule has 7 nitrogen and oxygen atoms in total. The molecule has 0 aliphatic carbocycles. The Morgan fingerprint density at radius 3 is 2.13 bits per heavy atom. The van der Waals surface area contributed by atoms with Crippen molar-refractivity contribution < 1.29 is 18.0 Å². The summed E-state index contributed by atoms with van der Waals surface area (Å²) < 4.78 is 29.8. The highest BCUT2D eigenvalue weighted by Crippen LogP contribution is 2.29. The first-order valence-electron chi connectivity index (χ1n) is 12.5. The number of amides is 2. The smallest absolute Gasteiger partial charge is 0.264 e. The lowest BCUT2D eigenvalue weighted by Crippen LogP contribution is -2.52. The summed E-state index contributed by atoms with van der Waals surface area (Å²) in [6.45, 7) is 8.54. The molecule has 0 spiro atoms. The predicted octanol–water partition coefficient (Wildman–Crippen LogP) is 5.86. The van der Waals surface area contributed by atoms with Gasteiger partial charge in [-0.05, 0) is 88.2 Å². The summed E-state index contributed by atoms with van der Waals surface area (Å²) in [6.07, 6.45) is 0. The first-order chi connectivity index (χ1) is 18.3. The van der Waals surface area contributed by atoms with Gasteiger partial charge in [-0.3, -0.25) is 13.9 Å². The van der Waals surface area contributed by atoms with Gasteiger partial charge in [-0.1, -0.05) is 57.4 Å². The number of anilines is 1. The molecule has 0 saturated carbocycles. The van der Waals surface area contributed by atoms with Gasteiger partial charge in [0, 0.05) is 22.1 Å². The zero-order valence-corrected chi connectivity index (χ0v) is 25.8. The number of hydrogen-bond donors (Lipinski definition) is 1. The van der Waals surface area contributed by atoms with E-state index < -0.39 is 28.5 Å². The molecule has 2 amide bonds.